The number of hydrogen-bond acceptors (Lipinski definition) is 2. The van der Waals surface area contributed by atoms with Crippen LogP contribution in [-0.4, -0.2) is 14.4 Å². The number of nitrogens with zero attached hydrogens (tertiary/aromatic N) is 3. The smallest absolute Gasteiger partial charge is 0.159 e. The van der Waals surface area contributed by atoms with Crippen LogP contribution in [0, 0.1) is 6.92 Å². The molecule has 0 fully saturated rings. The number of rotatable bonds is 1. The minimum atomic E-state index is 0.798. The van der Waals surface area contributed by atoms with Crippen molar-refractivity contribution < 1.29 is 0 Å². The summed E-state index contributed by atoms with van der Waals surface area (Å²) in [5, 5.41) is 6.27. The first kappa shape index (κ1) is 15.9. The molecule has 3 heteroatoms. The third kappa shape index (κ3) is 1.89. The number of aromatic nitrogens is 3. The van der Waals surface area contributed by atoms with Crippen molar-refractivity contribution >= 4 is 49.1 Å². The van der Waals surface area contributed by atoms with E-state index < -0.39 is 0 Å². The van der Waals surface area contributed by atoms with Gasteiger partial charge in [0.15, 0.2) is 5.65 Å². The van der Waals surface area contributed by atoms with Gasteiger partial charge in [0, 0.05) is 38.8 Å². The molecule has 7 aromatic rings. The summed E-state index contributed by atoms with van der Waals surface area (Å²) in [4.78, 5) is 9.18. The predicted octanol–water partition coefficient (Wildman–Crippen LogP) is 6.76. The van der Waals surface area contributed by atoms with E-state index in [1.54, 1.807) is 0 Å². The highest BCUT2D eigenvalue weighted by atomic mass is 14.9. The summed E-state index contributed by atoms with van der Waals surface area (Å²) in [6.07, 6.45) is 1.81. The van der Waals surface area contributed by atoms with Crippen LogP contribution in [0.25, 0.3) is 60.3 Å². The van der Waals surface area contributed by atoms with Crippen molar-refractivity contribution in [3.63, 3.8) is 0 Å². The van der Waals surface area contributed by atoms with Crippen LogP contribution >= 0.6 is 0 Å². The first-order valence-electron chi connectivity index (χ1n) is 10.2. The lowest BCUT2D eigenvalue weighted by molar-refractivity contribution is 1.20. The van der Waals surface area contributed by atoms with Crippen LogP contribution in [0.15, 0.2) is 85.1 Å². The number of benzene rings is 3. The standard InChI is InChI=1S/C27H17N3/c1-16-15-22(20-9-6-14-28-27(20)29-16)18-12-13-19-17-7-2-4-10-23(17)30-24-11-5-3-8-21(24)25(18)26(19)30/h2-15H,1H3. The molecule has 0 aliphatic carbocycles. The zero-order valence-corrected chi connectivity index (χ0v) is 16.4. The molecule has 4 aromatic heterocycles. The molecule has 3 nitrogen and oxygen atoms in total. The number of para-hydroxylation sites is 2. The van der Waals surface area contributed by atoms with Gasteiger partial charge in [-0.1, -0.05) is 48.5 Å². The van der Waals surface area contributed by atoms with Gasteiger partial charge in [-0.25, -0.2) is 9.97 Å². The third-order valence-electron chi connectivity index (χ3n) is 6.25. The Morgan fingerprint density at radius 3 is 2.27 bits per heavy atom. The number of pyridine rings is 2. The highest BCUT2D eigenvalue weighted by molar-refractivity contribution is 6.27. The summed E-state index contributed by atoms with van der Waals surface area (Å²) in [7, 11) is 0. The fourth-order valence-corrected chi connectivity index (χ4v) is 5.09. The normalized spacial score (nSPS) is 12.2. The molecule has 0 saturated carbocycles. The highest BCUT2D eigenvalue weighted by Crippen LogP contribution is 2.44. The summed E-state index contributed by atoms with van der Waals surface area (Å²) < 4.78 is 2.42. The van der Waals surface area contributed by atoms with E-state index in [-0.39, 0.29) is 0 Å². The Morgan fingerprint density at radius 1 is 0.667 bits per heavy atom. The fourth-order valence-electron chi connectivity index (χ4n) is 5.09. The maximum atomic E-state index is 4.66. The summed E-state index contributed by atoms with van der Waals surface area (Å²) >= 11 is 0. The van der Waals surface area contributed by atoms with Crippen molar-refractivity contribution in [2.45, 2.75) is 6.92 Å². The summed E-state index contributed by atoms with van der Waals surface area (Å²) in [6.45, 7) is 2.04. The van der Waals surface area contributed by atoms with E-state index in [0.717, 1.165) is 16.7 Å². The largest absolute Gasteiger partial charge is 0.308 e. The first-order valence-corrected chi connectivity index (χ1v) is 10.2. The van der Waals surface area contributed by atoms with Gasteiger partial charge in [0.2, 0.25) is 0 Å². The van der Waals surface area contributed by atoms with E-state index >= 15 is 0 Å². The Balaban J connectivity index is 1.77. The molecule has 0 amide bonds. The molecule has 0 saturated heterocycles. The molecule has 0 atom stereocenters. The highest BCUT2D eigenvalue weighted by Gasteiger charge is 2.21. The van der Waals surface area contributed by atoms with Gasteiger partial charge in [-0.05, 0) is 48.4 Å². The van der Waals surface area contributed by atoms with Crippen LogP contribution in [0.5, 0.6) is 0 Å². The average molecular weight is 383 g/mol. The van der Waals surface area contributed by atoms with Crippen LogP contribution in [0.3, 0.4) is 0 Å². The lowest BCUT2D eigenvalue weighted by Crippen LogP contribution is -1.91. The molecule has 0 N–H and O–H groups in total. The van der Waals surface area contributed by atoms with Crippen molar-refractivity contribution in [1.82, 2.24) is 14.4 Å². The Morgan fingerprint density at radius 2 is 1.40 bits per heavy atom. The monoisotopic (exact) mass is 383 g/mol. The van der Waals surface area contributed by atoms with Crippen LogP contribution in [0.4, 0.5) is 0 Å². The van der Waals surface area contributed by atoms with Gasteiger partial charge in [-0.3, -0.25) is 0 Å². The zero-order chi connectivity index (χ0) is 19.8. The molecule has 0 bridgehead atoms. The molecular formula is C27H17N3. The average Bonchev–Trinajstić information content (AvgIpc) is 3.30. The van der Waals surface area contributed by atoms with Crippen molar-refractivity contribution in [2.24, 2.45) is 0 Å². The molecule has 0 aliphatic rings. The summed E-state index contributed by atoms with van der Waals surface area (Å²) in [5.41, 5.74) is 8.01. The number of fused-ring (bicyclic) bond motifs is 7. The van der Waals surface area contributed by atoms with Crippen LogP contribution in [0.2, 0.25) is 0 Å². The van der Waals surface area contributed by atoms with Gasteiger partial charge in [-0.2, -0.15) is 0 Å². The Kier molecular flexibility index (Phi) is 2.94. The van der Waals surface area contributed by atoms with Gasteiger partial charge in [0.1, 0.15) is 0 Å². The minimum Gasteiger partial charge on any atom is -0.308 e. The van der Waals surface area contributed by atoms with Gasteiger partial charge in [0.05, 0.1) is 16.6 Å². The van der Waals surface area contributed by atoms with Crippen molar-refractivity contribution in [2.75, 3.05) is 0 Å². The zero-order valence-electron chi connectivity index (χ0n) is 16.4. The molecule has 0 unspecified atom stereocenters. The summed E-state index contributed by atoms with van der Waals surface area (Å²) in [6, 6.07) is 28.3. The molecule has 7 rings (SSSR count). The minimum absolute atomic E-state index is 0.798. The summed E-state index contributed by atoms with van der Waals surface area (Å²) in [5.74, 6) is 0. The second-order valence-corrected chi connectivity index (χ2v) is 7.94. The maximum absolute atomic E-state index is 4.66. The molecule has 0 spiro atoms. The second kappa shape index (κ2) is 5.55. The molecule has 140 valence electrons. The van der Waals surface area contributed by atoms with Crippen molar-refractivity contribution in [3.8, 4) is 11.1 Å². The maximum Gasteiger partial charge on any atom is 0.159 e. The van der Waals surface area contributed by atoms with E-state index in [1.807, 2.05) is 19.2 Å². The molecule has 0 aliphatic heterocycles. The lowest BCUT2D eigenvalue weighted by atomic mass is 9.95. The number of aryl methyl sites for hydroxylation is 1. The number of hydrogen-bond donors (Lipinski definition) is 0. The Labute approximate surface area is 172 Å². The van der Waals surface area contributed by atoms with Gasteiger partial charge >= 0.3 is 0 Å². The lowest BCUT2D eigenvalue weighted by Gasteiger charge is -2.10. The topological polar surface area (TPSA) is 30.2 Å². The molecule has 0 radical (unpaired) electrons. The van der Waals surface area contributed by atoms with E-state index in [1.165, 1.54) is 49.2 Å². The second-order valence-electron chi connectivity index (χ2n) is 7.94. The van der Waals surface area contributed by atoms with Crippen LogP contribution < -0.4 is 0 Å². The Bertz CT molecular complexity index is 1760. The van der Waals surface area contributed by atoms with E-state index in [9.17, 15) is 0 Å². The van der Waals surface area contributed by atoms with Crippen LogP contribution in [-0.2, 0) is 0 Å². The van der Waals surface area contributed by atoms with Crippen molar-refractivity contribution in [3.05, 3.63) is 90.8 Å². The first-order chi connectivity index (χ1) is 14.8. The molecule has 4 heterocycles. The predicted molar refractivity (Wildman–Crippen MR) is 124 cm³/mol. The molecule has 3 aromatic carbocycles. The third-order valence-corrected chi connectivity index (χ3v) is 6.25. The SMILES string of the molecule is Cc1cc(-c2ccc3c4ccccc4n4c5ccccc5c2c34)c2cccnc2n1. The van der Waals surface area contributed by atoms with Crippen molar-refractivity contribution in [1.29, 1.82) is 0 Å². The van der Waals surface area contributed by atoms with Crippen LogP contribution in [0.1, 0.15) is 5.69 Å². The molecule has 30 heavy (non-hydrogen) atoms. The van der Waals surface area contributed by atoms with E-state index in [4.69, 9.17) is 0 Å². The molecular weight excluding hydrogens is 366 g/mol. The fraction of sp³-hybridized carbons (Fsp3) is 0.0370. The quantitative estimate of drug-likeness (QED) is 0.314. The van der Waals surface area contributed by atoms with Gasteiger partial charge in [-0.15, -0.1) is 0 Å². The van der Waals surface area contributed by atoms with E-state index in [2.05, 4.69) is 87.2 Å². The van der Waals surface area contributed by atoms with Gasteiger partial charge < -0.3 is 4.40 Å². The van der Waals surface area contributed by atoms with Gasteiger partial charge in [0.25, 0.3) is 0 Å². The van der Waals surface area contributed by atoms with E-state index in [0.29, 0.717) is 0 Å². The Hall–Kier alpha value is -3.98.